The van der Waals surface area contributed by atoms with Crippen LogP contribution in [0.1, 0.15) is 13.3 Å². The molecule has 0 saturated carbocycles. The number of primary amides is 1. The number of carbonyl (C=O) groups excluding carboxylic acids is 1. The van der Waals surface area contributed by atoms with Crippen molar-refractivity contribution in [2.45, 2.75) is 13.3 Å². The number of nitrogens with two attached hydrogens (primary N) is 1. The summed E-state index contributed by atoms with van der Waals surface area (Å²) < 4.78 is 0. The molecular weight excluding hydrogens is 194 g/mol. The summed E-state index contributed by atoms with van der Waals surface area (Å²) >= 11 is 0. The van der Waals surface area contributed by atoms with Gasteiger partial charge in [0, 0.05) is 25.7 Å². The molecule has 4 N–H and O–H groups in total. The van der Waals surface area contributed by atoms with E-state index in [4.69, 9.17) is 5.73 Å². The normalized spacial score (nSPS) is 9.67. The molecule has 0 saturated heterocycles. The van der Waals surface area contributed by atoms with Crippen LogP contribution in [0.5, 0.6) is 0 Å². The van der Waals surface area contributed by atoms with Crippen LogP contribution in [-0.2, 0) is 4.79 Å². The van der Waals surface area contributed by atoms with Gasteiger partial charge in [0.2, 0.25) is 11.9 Å². The fourth-order valence-electron chi connectivity index (χ4n) is 1.01. The van der Waals surface area contributed by atoms with Gasteiger partial charge in [0.25, 0.3) is 0 Å². The number of rotatable bonds is 6. The Morgan fingerprint density at radius 1 is 1.53 bits per heavy atom. The molecule has 0 aliphatic heterocycles. The van der Waals surface area contributed by atoms with Crippen molar-refractivity contribution in [3.8, 4) is 0 Å². The van der Waals surface area contributed by atoms with E-state index < -0.39 is 0 Å². The van der Waals surface area contributed by atoms with Crippen molar-refractivity contribution in [3.05, 3.63) is 12.3 Å². The van der Waals surface area contributed by atoms with Gasteiger partial charge in [-0.15, -0.1) is 0 Å². The largest absolute Gasteiger partial charge is 0.370 e. The minimum atomic E-state index is -0.330. The van der Waals surface area contributed by atoms with Crippen molar-refractivity contribution in [2.24, 2.45) is 5.73 Å². The molecule has 1 aromatic heterocycles. The molecule has 82 valence electrons. The maximum absolute atomic E-state index is 10.5. The average molecular weight is 209 g/mol. The lowest BCUT2D eigenvalue weighted by molar-refractivity contribution is -0.117. The molecule has 1 amide bonds. The van der Waals surface area contributed by atoms with Crippen molar-refractivity contribution in [2.75, 3.05) is 23.7 Å². The highest BCUT2D eigenvalue weighted by Crippen LogP contribution is 2.04. The van der Waals surface area contributed by atoms with Crippen LogP contribution in [0.2, 0.25) is 0 Å². The Bertz CT molecular complexity index is 328. The second-order valence-electron chi connectivity index (χ2n) is 2.94. The number of hydrogen-bond acceptors (Lipinski definition) is 5. The van der Waals surface area contributed by atoms with E-state index in [1.165, 1.54) is 0 Å². The molecule has 1 rings (SSSR count). The molecule has 15 heavy (non-hydrogen) atoms. The highest BCUT2D eigenvalue weighted by atomic mass is 16.1. The minimum absolute atomic E-state index is 0.292. The van der Waals surface area contributed by atoms with Crippen LogP contribution in [0.15, 0.2) is 12.3 Å². The minimum Gasteiger partial charge on any atom is -0.370 e. The van der Waals surface area contributed by atoms with E-state index >= 15 is 0 Å². The van der Waals surface area contributed by atoms with Gasteiger partial charge in [-0.3, -0.25) is 4.79 Å². The summed E-state index contributed by atoms with van der Waals surface area (Å²) in [6.45, 7) is 3.22. The van der Waals surface area contributed by atoms with Crippen LogP contribution in [0, 0.1) is 0 Å². The molecule has 0 aliphatic carbocycles. The summed E-state index contributed by atoms with van der Waals surface area (Å²) in [7, 11) is 0. The second kappa shape index (κ2) is 5.79. The highest BCUT2D eigenvalue weighted by Gasteiger charge is 1.98. The van der Waals surface area contributed by atoms with Crippen LogP contribution in [0.25, 0.3) is 0 Å². The number of anilines is 2. The van der Waals surface area contributed by atoms with E-state index in [1.54, 1.807) is 12.3 Å². The Labute approximate surface area is 88.3 Å². The first-order valence-electron chi connectivity index (χ1n) is 4.81. The van der Waals surface area contributed by atoms with Gasteiger partial charge >= 0.3 is 0 Å². The predicted octanol–water partition coefficient (Wildman–Crippen LogP) is 0.196. The average Bonchev–Trinajstić information content (AvgIpc) is 2.18. The van der Waals surface area contributed by atoms with Crippen LogP contribution in [0.4, 0.5) is 11.8 Å². The molecule has 0 aliphatic rings. The molecule has 0 atom stereocenters. The number of nitrogens with zero attached hydrogens (tertiary/aromatic N) is 2. The van der Waals surface area contributed by atoms with Gasteiger partial charge in [-0.25, -0.2) is 4.98 Å². The summed E-state index contributed by atoms with van der Waals surface area (Å²) in [4.78, 5) is 18.7. The van der Waals surface area contributed by atoms with E-state index in [0.29, 0.717) is 24.7 Å². The molecule has 0 unspecified atom stereocenters. The zero-order valence-corrected chi connectivity index (χ0v) is 8.66. The second-order valence-corrected chi connectivity index (χ2v) is 2.94. The van der Waals surface area contributed by atoms with Crippen LogP contribution in [-0.4, -0.2) is 29.0 Å². The SMILES string of the molecule is CCNc1nccc(NCCC(N)=O)n1. The third-order valence-electron chi connectivity index (χ3n) is 1.67. The molecule has 1 heterocycles. The molecule has 0 spiro atoms. The number of aromatic nitrogens is 2. The molecule has 0 bridgehead atoms. The number of carbonyl (C=O) groups is 1. The summed E-state index contributed by atoms with van der Waals surface area (Å²) in [5.41, 5.74) is 5.01. The standard InChI is InChI=1S/C9H15N5O/c1-2-11-9-13-6-4-8(14-9)12-5-3-7(10)15/h4,6H,2-3,5H2,1H3,(H2,10,15)(H2,11,12,13,14). The Hall–Kier alpha value is -1.85. The molecule has 6 heteroatoms. The summed E-state index contributed by atoms with van der Waals surface area (Å²) in [5, 5.41) is 5.98. The van der Waals surface area contributed by atoms with Crippen LogP contribution >= 0.6 is 0 Å². The van der Waals surface area contributed by atoms with Gasteiger partial charge in [-0.2, -0.15) is 4.98 Å². The maximum Gasteiger partial charge on any atom is 0.224 e. The van der Waals surface area contributed by atoms with Gasteiger partial charge < -0.3 is 16.4 Å². The lowest BCUT2D eigenvalue weighted by Crippen LogP contribution is -2.16. The van der Waals surface area contributed by atoms with Crippen molar-refractivity contribution >= 4 is 17.7 Å². The number of amides is 1. The smallest absolute Gasteiger partial charge is 0.224 e. The monoisotopic (exact) mass is 209 g/mol. The first-order chi connectivity index (χ1) is 7.22. The summed E-state index contributed by atoms with van der Waals surface area (Å²) in [5.74, 6) is 0.923. The highest BCUT2D eigenvalue weighted by molar-refractivity contribution is 5.74. The number of nitrogens with one attached hydrogen (secondary N) is 2. The Balaban J connectivity index is 2.46. The Morgan fingerprint density at radius 3 is 3.00 bits per heavy atom. The molecule has 6 nitrogen and oxygen atoms in total. The molecule has 0 fully saturated rings. The third kappa shape index (κ3) is 4.26. The fraction of sp³-hybridized carbons (Fsp3) is 0.444. The van der Waals surface area contributed by atoms with Crippen LogP contribution in [0.3, 0.4) is 0 Å². The van der Waals surface area contributed by atoms with Crippen molar-refractivity contribution in [3.63, 3.8) is 0 Å². The van der Waals surface area contributed by atoms with Crippen molar-refractivity contribution < 1.29 is 4.79 Å². The molecule has 1 aromatic rings. The van der Waals surface area contributed by atoms with Crippen molar-refractivity contribution in [1.29, 1.82) is 0 Å². The van der Waals surface area contributed by atoms with E-state index in [9.17, 15) is 4.79 Å². The first-order valence-corrected chi connectivity index (χ1v) is 4.81. The Morgan fingerprint density at radius 2 is 2.33 bits per heavy atom. The van der Waals surface area contributed by atoms with E-state index in [0.717, 1.165) is 6.54 Å². The predicted molar refractivity (Wildman–Crippen MR) is 58.5 cm³/mol. The van der Waals surface area contributed by atoms with Gasteiger partial charge in [0.1, 0.15) is 5.82 Å². The lowest BCUT2D eigenvalue weighted by atomic mass is 10.4. The van der Waals surface area contributed by atoms with Crippen molar-refractivity contribution in [1.82, 2.24) is 9.97 Å². The zero-order valence-electron chi connectivity index (χ0n) is 8.66. The summed E-state index contributed by atoms with van der Waals surface area (Å²) in [6.07, 6.45) is 1.94. The van der Waals surface area contributed by atoms with Gasteiger partial charge in [-0.05, 0) is 13.0 Å². The lowest BCUT2D eigenvalue weighted by Gasteiger charge is -2.05. The van der Waals surface area contributed by atoms with Crippen LogP contribution < -0.4 is 16.4 Å². The fourth-order valence-corrected chi connectivity index (χ4v) is 1.01. The van der Waals surface area contributed by atoms with E-state index in [1.807, 2.05) is 6.92 Å². The van der Waals surface area contributed by atoms with E-state index in [-0.39, 0.29) is 5.91 Å². The zero-order chi connectivity index (χ0) is 11.1. The third-order valence-corrected chi connectivity index (χ3v) is 1.67. The quantitative estimate of drug-likeness (QED) is 0.622. The maximum atomic E-state index is 10.5. The Kier molecular flexibility index (Phi) is 4.33. The molecule has 0 aromatic carbocycles. The van der Waals surface area contributed by atoms with Gasteiger partial charge in [0.05, 0.1) is 0 Å². The number of hydrogen-bond donors (Lipinski definition) is 3. The topological polar surface area (TPSA) is 92.9 Å². The summed E-state index contributed by atoms with van der Waals surface area (Å²) in [6, 6.07) is 1.74. The van der Waals surface area contributed by atoms with Gasteiger partial charge in [-0.1, -0.05) is 0 Å². The molecule has 0 radical (unpaired) electrons. The molecular formula is C9H15N5O. The van der Waals surface area contributed by atoms with E-state index in [2.05, 4.69) is 20.6 Å². The van der Waals surface area contributed by atoms with Gasteiger partial charge in [0.15, 0.2) is 0 Å². The first kappa shape index (κ1) is 11.2.